The number of unbranched alkanes of at least 4 members (excludes halogenated alkanes) is 1. The molecule has 0 atom stereocenters. The van der Waals surface area contributed by atoms with Gasteiger partial charge in [-0.25, -0.2) is 4.79 Å². The van der Waals surface area contributed by atoms with E-state index in [1.807, 2.05) is 0 Å². The van der Waals surface area contributed by atoms with E-state index in [2.05, 4.69) is 5.32 Å². The summed E-state index contributed by atoms with van der Waals surface area (Å²) in [4.78, 5) is 33.7. The minimum absolute atomic E-state index is 0. The largest absolute Gasteiger partial charge is 0.419 e. The fraction of sp³-hybridized carbons (Fsp3) is 0.467. The molecule has 0 aliphatic heterocycles. The van der Waals surface area contributed by atoms with Crippen molar-refractivity contribution in [2.45, 2.75) is 32.2 Å². The van der Waals surface area contributed by atoms with Gasteiger partial charge in [0.25, 0.3) is 5.69 Å². The first-order chi connectivity index (χ1) is 11.5. The normalized spacial score (nSPS) is 10.4. The van der Waals surface area contributed by atoms with Gasteiger partial charge in [0.2, 0.25) is 5.91 Å². The number of carbonyl (C=O) groups is 1. The standard InChI is InChI=1S/C15H20N4O5.ClH/c16-7-1-2-8-17-14(20)4-3-9-18-12-6-5-11(19(22)23)10-13(12)24-15(18)21;/h5-6,10H,1-4,7-9,16H2,(H,17,20);1H. The van der Waals surface area contributed by atoms with Crippen molar-refractivity contribution in [1.29, 1.82) is 0 Å². The second-order valence-corrected chi connectivity index (χ2v) is 5.38. The van der Waals surface area contributed by atoms with E-state index >= 15 is 0 Å². The Morgan fingerprint density at radius 1 is 1.32 bits per heavy atom. The topological polar surface area (TPSA) is 133 Å². The number of nitrogens with two attached hydrogens (primary N) is 1. The Kier molecular flexibility index (Phi) is 8.09. The summed E-state index contributed by atoms with van der Waals surface area (Å²) in [5, 5.41) is 13.5. The SMILES string of the molecule is Cl.NCCCCNC(=O)CCCn1c(=O)oc2cc([N+](=O)[O-])ccc21. The Labute approximate surface area is 149 Å². The zero-order chi connectivity index (χ0) is 17.5. The lowest BCUT2D eigenvalue weighted by atomic mass is 10.2. The number of hydrogen-bond donors (Lipinski definition) is 2. The summed E-state index contributed by atoms with van der Waals surface area (Å²) >= 11 is 0. The number of aromatic nitrogens is 1. The van der Waals surface area contributed by atoms with Gasteiger partial charge in [-0.15, -0.1) is 12.4 Å². The molecule has 1 aromatic heterocycles. The minimum atomic E-state index is -0.589. The van der Waals surface area contributed by atoms with Crippen LogP contribution in [-0.2, 0) is 11.3 Å². The van der Waals surface area contributed by atoms with Crippen LogP contribution in [0.4, 0.5) is 5.69 Å². The third-order valence-corrected chi connectivity index (χ3v) is 3.60. The number of benzene rings is 1. The van der Waals surface area contributed by atoms with Crippen molar-refractivity contribution < 1.29 is 14.1 Å². The van der Waals surface area contributed by atoms with Gasteiger partial charge in [0, 0.05) is 25.6 Å². The second-order valence-electron chi connectivity index (χ2n) is 5.38. The van der Waals surface area contributed by atoms with Crippen LogP contribution in [0.15, 0.2) is 27.4 Å². The highest BCUT2D eigenvalue weighted by Gasteiger charge is 2.14. The number of fused-ring (bicyclic) bond motifs is 1. The smallest absolute Gasteiger partial charge is 0.407 e. The molecule has 2 aromatic rings. The van der Waals surface area contributed by atoms with E-state index in [9.17, 15) is 19.7 Å². The molecule has 138 valence electrons. The lowest BCUT2D eigenvalue weighted by Gasteiger charge is -2.05. The van der Waals surface area contributed by atoms with Crippen LogP contribution in [0.3, 0.4) is 0 Å². The van der Waals surface area contributed by atoms with Gasteiger partial charge in [0.15, 0.2) is 5.58 Å². The third kappa shape index (κ3) is 5.57. The van der Waals surface area contributed by atoms with Gasteiger partial charge in [-0.2, -0.15) is 0 Å². The Balaban J connectivity index is 0.00000312. The number of amides is 1. The number of nitro groups is 1. The molecule has 1 aromatic carbocycles. The number of oxazole rings is 1. The number of halogens is 1. The van der Waals surface area contributed by atoms with Crippen LogP contribution in [0.2, 0.25) is 0 Å². The molecule has 0 aliphatic rings. The van der Waals surface area contributed by atoms with Gasteiger partial charge in [-0.05, 0) is 31.9 Å². The monoisotopic (exact) mass is 372 g/mol. The van der Waals surface area contributed by atoms with Gasteiger partial charge in [-0.3, -0.25) is 19.5 Å². The maximum absolute atomic E-state index is 11.9. The molecule has 0 unspecified atom stereocenters. The number of nitro benzene ring substituents is 1. The molecule has 1 heterocycles. The molecule has 0 saturated carbocycles. The van der Waals surface area contributed by atoms with Gasteiger partial charge in [0.05, 0.1) is 16.5 Å². The number of non-ortho nitro benzene ring substituents is 1. The molecular formula is C15H21ClN4O5. The molecule has 10 heteroatoms. The number of hydrogen-bond acceptors (Lipinski definition) is 6. The van der Waals surface area contributed by atoms with Crippen LogP contribution in [0.25, 0.3) is 11.1 Å². The molecular weight excluding hydrogens is 352 g/mol. The van der Waals surface area contributed by atoms with Crippen LogP contribution in [0, 0.1) is 10.1 Å². The minimum Gasteiger partial charge on any atom is -0.407 e. The van der Waals surface area contributed by atoms with Crippen LogP contribution in [0.5, 0.6) is 0 Å². The second kappa shape index (κ2) is 9.80. The van der Waals surface area contributed by atoms with E-state index in [4.69, 9.17) is 10.2 Å². The van der Waals surface area contributed by atoms with E-state index in [1.165, 1.54) is 22.8 Å². The van der Waals surface area contributed by atoms with E-state index in [-0.39, 0.29) is 36.0 Å². The molecule has 25 heavy (non-hydrogen) atoms. The molecule has 9 nitrogen and oxygen atoms in total. The number of rotatable bonds is 9. The van der Waals surface area contributed by atoms with Crippen LogP contribution >= 0.6 is 12.4 Å². The van der Waals surface area contributed by atoms with Crippen LogP contribution in [-0.4, -0.2) is 28.5 Å². The summed E-state index contributed by atoms with van der Waals surface area (Å²) in [7, 11) is 0. The van der Waals surface area contributed by atoms with Crippen molar-refractivity contribution in [2.75, 3.05) is 13.1 Å². The van der Waals surface area contributed by atoms with Crippen molar-refractivity contribution in [3.05, 3.63) is 38.9 Å². The Bertz CT molecular complexity index is 786. The zero-order valence-electron chi connectivity index (χ0n) is 13.6. The van der Waals surface area contributed by atoms with Crippen molar-refractivity contribution in [3.8, 4) is 0 Å². The Hall–Kier alpha value is -2.39. The maximum atomic E-state index is 11.9. The number of carbonyl (C=O) groups excluding carboxylic acids is 1. The first-order valence-electron chi connectivity index (χ1n) is 7.77. The summed E-state index contributed by atoms with van der Waals surface area (Å²) in [6.45, 7) is 1.50. The summed E-state index contributed by atoms with van der Waals surface area (Å²) < 4.78 is 6.41. The molecule has 0 fully saturated rings. The maximum Gasteiger partial charge on any atom is 0.419 e. The van der Waals surface area contributed by atoms with Crippen LogP contribution in [0.1, 0.15) is 25.7 Å². The first-order valence-corrected chi connectivity index (χ1v) is 7.77. The summed E-state index contributed by atoms with van der Waals surface area (Å²) in [5.41, 5.74) is 5.88. The first kappa shape index (κ1) is 20.7. The average molecular weight is 373 g/mol. The molecule has 0 radical (unpaired) electrons. The highest BCUT2D eigenvalue weighted by atomic mass is 35.5. The molecule has 0 saturated heterocycles. The third-order valence-electron chi connectivity index (χ3n) is 3.60. The highest BCUT2D eigenvalue weighted by molar-refractivity contribution is 5.85. The average Bonchev–Trinajstić information content (AvgIpc) is 2.86. The van der Waals surface area contributed by atoms with Gasteiger partial charge < -0.3 is 15.5 Å². The quantitative estimate of drug-likeness (QED) is 0.389. The van der Waals surface area contributed by atoms with E-state index < -0.39 is 10.7 Å². The fourth-order valence-electron chi connectivity index (χ4n) is 2.36. The van der Waals surface area contributed by atoms with Crippen molar-refractivity contribution in [3.63, 3.8) is 0 Å². The van der Waals surface area contributed by atoms with E-state index in [1.54, 1.807) is 0 Å². The van der Waals surface area contributed by atoms with Crippen molar-refractivity contribution in [1.82, 2.24) is 9.88 Å². The number of nitrogens with one attached hydrogen (secondary N) is 1. The van der Waals surface area contributed by atoms with E-state index in [0.29, 0.717) is 31.6 Å². The summed E-state index contributed by atoms with van der Waals surface area (Å²) in [6, 6.07) is 4.01. The van der Waals surface area contributed by atoms with E-state index in [0.717, 1.165) is 12.8 Å². The molecule has 0 spiro atoms. The van der Waals surface area contributed by atoms with Gasteiger partial charge in [0.1, 0.15) is 0 Å². The molecule has 0 aliphatic carbocycles. The van der Waals surface area contributed by atoms with Crippen molar-refractivity contribution >= 4 is 35.1 Å². The van der Waals surface area contributed by atoms with Crippen molar-refractivity contribution in [2.24, 2.45) is 5.73 Å². The lowest BCUT2D eigenvalue weighted by molar-refractivity contribution is -0.384. The van der Waals surface area contributed by atoms with Gasteiger partial charge in [-0.1, -0.05) is 0 Å². The summed E-state index contributed by atoms with van der Waals surface area (Å²) in [6.07, 6.45) is 2.46. The summed E-state index contributed by atoms with van der Waals surface area (Å²) in [5.74, 6) is -0.669. The number of nitrogens with zero attached hydrogens (tertiary/aromatic N) is 2. The Morgan fingerprint density at radius 2 is 2.08 bits per heavy atom. The highest BCUT2D eigenvalue weighted by Crippen LogP contribution is 2.20. The predicted molar refractivity (Wildman–Crippen MR) is 94.9 cm³/mol. The Morgan fingerprint density at radius 3 is 2.76 bits per heavy atom. The van der Waals surface area contributed by atoms with Crippen LogP contribution < -0.4 is 16.8 Å². The zero-order valence-corrected chi connectivity index (χ0v) is 14.4. The predicted octanol–water partition coefficient (Wildman–Crippen LogP) is 1.56. The fourth-order valence-corrected chi connectivity index (χ4v) is 2.36. The van der Waals surface area contributed by atoms with Gasteiger partial charge >= 0.3 is 5.76 Å². The molecule has 1 amide bonds. The molecule has 3 N–H and O–H groups in total. The molecule has 2 rings (SSSR count). The lowest BCUT2D eigenvalue weighted by Crippen LogP contribution is -2.25. The molecule has 0 bridgehead atoms. The number of aryl methyl sites for hydroxylation is 1.